The monoisotopic (exact) mass is 339 g/mol. The van der Waals surface area contributed by atoms with Gasteiger partial charge in [0.1, 0.15) is 0 Å². The molecule has 86 valence electrons. The molecule has 0 bridgehead atoms. The van der Waals surface area contributed by atoms with E-state index in [0.717, 1.165) is 16.1 Å². The Kier molecular flexibility index (Phi) is 3.74. The molecule has 0 spiro atoms. The fourth-order valence-electron chi connectivity index (χ4n) is 1.53. The highest BCUT2D eigenvalue weighted by Crippen LogP contribution is 2.44. The second-order valence-corrected chi connectivity index (χ2v) is 5.74. The number of fused-ring (bicyclic) bond motifs is 1. The molecule has 0 fully saturated rings. The molecule has 0 unspecified atom stereocenters. The van der Waals surface area contributed by atoms with Crippen LogP contribution in [0.15, 0.2) is 11.0 Å². The van der Waals surface area contributed by atoms with Crippen molar-refractivity contribution in [3.8, 4) is 0 Å². The van der Waals surface area contributed by atoms with Crippen molar-refractivity contribution < 1.29 is 4.79 Å². The normalized spacial score (nSPS) is 15.2. The van der Waals surface area contributed by atoms with Gasteiger partial charge in [-0.1, -0.05) is 39.1 Å². The van der Waals surface area contributed by atoms with E-state index in [1.165, 1.54) is 11.8 Å². The van der Waals surface area contributed by atoms with E-state index in [9.17, 15) is 4.79 Å². The molecule has 0 saturated carbocycles. The van der Waals surface area contributed by atoms with Crippen LogP contribution in [0.3, 0.4) is 0 Å². The van der Waals surface area contributed by atoms with Crippen LogP contribution < -0.4 is 4.90 Å². The van der Waals surface area contributed by atoms with E-state index in [-0.39, 0.29) is 5.91 Å². The van der Waals surface area contributed by atoms with Gasteiger partial charge < -0.3 is 4.90 Å². The lowest BCUT2D eigenvalue weighted by molar-refractivity contribution is -0.116. The quantitative estimate of drug-likeness (QED) is 0.721. The highest BCUT2D eigenvalue weighted by atomic mass is 79.9. The number of carbonyl (C=O) groups excluding carboxylic acids is 1. The predicted octanol–water partition coefficient (Wildman–Crippen LogP) is 3.96. The van der Waals surface area contributed by atoms with Gasteiger partial charge in [-0.2, -0.15) is 0 Å². The van der Waals surface area contributed by atoms with Crippen LogP contribution in [-0.2, 0) is 10.1 Å². The standard InChI is InChI=1S/C10H8BrCl2NOS/c1-14-8(15)4-16-7-2-6(12)5(3-11)9(13)10(7)14/h2H,3-4H2,1H3. The van der Waals surface area contributed by atoms with Gasteiger partial charge in [-0.05, 0) is 6.07 Å². The number of anilines is 1. The summed E-state index contributed by atoms with van der Waals surface area (Å²) in [6.45, 7) is 0. The number of halogens is 3. The van der Waals surface area contributed by atoms with Gasteiger partial charge in [-0.3, -0.25) is 4.79 Å². The summed E-state index contributed by atoms with van der Waals surface area (Å²) < 4.78 is 0. The first-order valence-corrected chi connectivity index (χ1v) is 7.38. The minimum atomic E-state index is 0.0576. The summed E-state index contributed by atoms with van der Waals surface area (Å²) in [5.41, 5.74) is 1.59. The SMILES string of the molecule is CN1C(=O)CSc2cc(Cl)c(CBr)c(Cl)c21. The van der Waals surface area contributed by atoms with Crippen LogP contribution in [0.1, 0.15) is 5.56 Å². The Morgan fingerprint density at radius 1 is 1.56 bits per heavy atom. The number of benzene rings is 1. The molecule has 1 aliphatic rings. The van der Waals surface area contributed by atoms with Crippen molar-refractivity contribution in [2.75, 3.05) is 17.7 Å². The summed E-state index contributed by atoms with van der Waals surface area (Å²) >= 11 is 17.2. The van der Waals surface area contributed by atoms with Crippen molar-refractivity contribution >= 4 is 62.5 Å². The molecule has 1 aromatic carbocycles. The van der Waals surface area contributed by atoms with Crippen molar-refractivity contribution in [1.29, 1.82) is 0 Å². The first kappa shape index (κ1) is 12.6. The molecular formula is C10H8BrCl2NOS. The maximum atomic E-state index is 11.6. The van der Waals surface area contributed by atoms with Gasteiger partial charge in [0.25, 0.3) is 0 Å². The van der Waals surface area contributed by atoms with Gasteiger partial charge in [-0.15, -0.1) is 11.8 Å². The van der Waals surface area contributed by atoms with Crippen molar-refractivity contribution in [1.82, 2.24) is 0 Å². The number of carbonyl (C=O) groups is 1. The van der Waals surface area contributed by atoms with Crippen molar-refractivity contribution in [3.63, 3.8) is 0 Å². The number of hydrogen-bond acceptors (Lipinski definition) is 2. The molecule has 0 N–H and O–H groups in total. The van der Waals surface area contributed by atoms with E-state index in [1.807, 2.05) is 6.07 Å². The van der Waals surface area contributed by atoms with Gasteiger partial charge in [0.15, 0.2) is 0 Å². The van der Waals surface area contributed by atoms with Gasteiger partial charge in [-0.25, -0.2) is 0 Å². The molecule has 0 aliphatic carbocycles. The molecule has 1 heterocycles. The Morgan fingerprint density at radius 2 is 2.25 bits per heavy atom. The Hall–Kier alpha value is 0.1000. The topological polar surface area (TPSA) is 20.3 Å². The zero-order valence-electron chi connectivity index (χ0n) is 8.39. The third-order valence-corrected chi connectivity index (χ3v) is 4.77. The first-order chi connectivity index (χ1) is 7.56. The van der Waals surface area contributed by atoms with Crippen LogP contribution in [0.2, 0.25) is 10.0 Å². The van der Waals surface area contributed by atoms with E-state index in [1.54, 1.807) is 11.9 Å². The summed E-state index contributed by atoms with van der Waals surface area (Å²) in [7, 11) is 1.73. The van der Waals surface area contributed by atoms with Crippen molar-refractivity contribution in [2.45, 2.75) is 10.2 Å². The van der Waals surface area contributed by atoms with Crippen LogP contribution >= 0.6 is 50.9 Å². The van der Waals surface area contributed by atoms with E-state index in [2.05, 4.69) is 15.9 Å². The number of amides is 1. The first-order valence-electron chi connectivity index (χ1n) is 4.52. The number of nitrogens with zero attached hydrogens (tertiary/aromatic N) is 1. The van der Waals surface area contributed by atoms with Crippen LogP contribution in [0.5, 0.6) is 0 Å². The molecule has 0 atom stereocenters. The highest BCUT2D eigenvalue weighted by Gasteiger charge is 2.26. The molecular weight excluding hydrogens is 333 g/mol. The van der Waals surface area contributed by atoms with Crippen LogP contribution in [0, 0.1) is 0 Å². The average molecular weight is 341 g/mol. The third-order valence-electron chi connectivity index (χ3n) is 2.45. The molecule has 1 aromatic rings. The Bertz CT molecular complexity index is 467. The fraction of sp³-hybridized carbons (Fsp3) is 0.300. The van der Waals surface area contributed by atoms with E-state index >= 15 is 0 Å². The van der Waals surface area contributed by atoms with Gasteiger partial charge in [0, 0.05) is 27.9 Å². The second-order valence-electron chi connectivity index (χ2n) is 3.37. The molecule has 0 radical (unpaired) electrons. The second kappa shape index (κ2) is 4.77. The lowest BCUT2D eigenvalue weighted by Crippen LogP contribution is -2.31. The molecule has 0 saturated heterocycles. The van der Waals surface area contributed by atoms with Crippen molar-refractivity contribution in [3.05, 3.63) is 21.7 Å². The highest BCUT2D eigenvalue weighted by molar-refractivity contribution is 9.08. The Morgan fingerprint density at radius 3 is 2.88 bits per heavy atom. The summed E-state index contributed by atoms with van der Waals surface area (Å²) in [4.78, 5) is 14.1. The summed E-state index contributed by atoms with van der Waals surface area (Å²) in [5, 5.41) is 1.77. The zero-order chi connectivity index (χ0) is 11.9. The summed E-state index contributed by atoms with van der Waals surface area (Å²) in [6, 6.07) is 1.87. The number of rotatable bonds is 1. The van der Waals surface area contributed by atoms with Gasteiger partial charge in [0.2, 0.25) is 5.91 Å². The molecule has 2 nitrogen and oxygen atoms in total. The molecule has 1 aliphatic heterocycles. The molecule has 16 heavy (non-hydrogen) atoms. The number of alkyl halides is 1. The summed E-state index contributed by atoms with van der Waals surface area (Å²) in [5.74, 6) is 0.492. The fourth-order valence-corrected chi connectivity index (χ4v) is 4.32. The minimum absolute atomic E-state index is 0.0576. The molecule has 1 amide bonds. The summed E-state index contributed by atoms with van der Waals surface area (Å²) in [6.07, 6.45) is 0. The van der Waals surface area contributed by atoms with Crippen LogP contribution in [0.25, 0.3) is 0 Å². The van der Waals surface area contributed by atoms with Gasteiger partial charge >= 0.3 is 0 Å². The minimum Gasteiger partial charge on any atom is -0.312 e. The largest absolute Gasteiger partial charge is 0.312 e. The average Bonchev–Trinajstić information content (AvgIpc) is 2.24. The maximum Gasteiger partial charge on any atom is 0.237 e. The zero-order valence-corrected chi connectivity index (χ0v) is 12.3. The maximum absolute atomic E-state index is 11.6. The smallest absolute Gasteiger partial charge is 0.237 e. The number of thioether (sulfide) groups is 1. The Balaban J connectivity index is 2.65. The lowest BCUT2D eigenvalue weighted by Gasteiger charge is -2.27. The van der Waals surface area contributed by atoms with Gasteiger partial charge in [0.05, 0.1) is 16.5 Å². The van der Waals surface area contributed by atoms with E-state index in [4.69, 9.17) is 23.2 Å². The van der Waals surface area contributed by atoms with E-state index in [0.29, 0.717) is 21.1 Å². The Labute approximate surface area is 116 Å². The molecule has 6 heteroatoms. The van der Waals surface area contributed by atoms with Crippen LogP contribution in [0.4, 0.5) is 5.69 Å². The lowest BCUT2D eigenvalue weighted by atomic mass is 10.2. The third kappa shape index (κ3) is 1.96. The molecule has 2 rings (SSSR count). The number of hydrogen-bond donors (Lipinski definition) is 0. The predicted molar refractivity (Wildman–Crippen MR) is 73.2 cm³/mol. The van der Waals surface area contributed by atoms with E-state index < -0.39 is 0 Å². The van der Waals surface area contributed by atoms with Crippen molar-refractivity contribution in [2.24, 2.45) is 0 Å². The molecule has 0 aromatic heterocycles. The van der Waals surface area contributed by atoms with Crippen LogP contribution in [-0.4, -0.2) is 18.7 Å².